The maximum atomic E-state index is 12.8. The third-order valence-electron chi connectivity index (χ3n) is 4.37. The minimum Gasteiger partial charge on any atom is -0.319 e. The largest absolute Gasteiger partial charge is 0.319 e. The summed E-state index contributed by atoms with van der Waals surface area (Å²) in [5.41, 5.74) is 3.27. The molecule has 0 fully saturated rings. The lowest BCUT2D eigenvalue weighted by Gasteiger charge is -2.06. The maximum Gasteiger partial charge on any atom is 0.295 e. The molecule has 5 nitrogen and oxygen atoms in total. The molecule has 30 heavy (non-hydrogen) atoms. The zero-order valence-corrected chi connectivity index (χ0v) is 18.8. The molecule has 0 saturated heterocycles. The van der Waals surface area contributed by atoms with E-state index in [9.17, 15) is 4.79 Å². The Labute approximate surface area is 191 Å². The van der Waals surface area contributed by atoms with Gasteiger partial charge in [-0.1, -0.05) is 69.0 Å². The standard InChI is InChI=1S/C22H15BrCl2N4O/c1-13-2-9-17(10-3-13)29-21(14-4-6-15(23)7-5-14)27-20(28-29)22(30)26-16-8-11-18(24)19(25)12-16/h2-12H,1H3,(H,26,30). The van der Waals surface area contributed by atoms with Crippen molar-refractivity contribution in [1.82, 2.24) is 14.8 Å². The Morgan fingerprint density at radius 2 is 1.67 bits per heavy atom. The van der Waals surface area contributed by atoms with Crippen molar-refractivity contribution in [3.8, 4) is 17.1 Å². The van der Waals surface area contributed by atoms with Gasteiger partial charge < -0.3 is 5.32 Å². The van der Waals surface area contributed by atoms with E-state index in [1.165, 1.54) is 0 Å². The highest BCUT2D eigenvalue weighted by Crippen LogP contribution is 2.26. The molecular weight excluding hydrogens is 487 g/mol. The number of anilines is 1. The van der Waals surface area contributed by atoms with Crippen LogP contribution in [0.1, 0.15) is 16.2 Å². The van der Waals surface area contributed by atoms with Gasteiger partial charge in [0.15, 0.2) is 5.82 Å². The van der Waals surface area contributed by atoms with Gasteiger partial charge in [0, 0.05) is 15.7 Å². The lowest BCUT2D eigenvalue weighted by atomic mass is 10.2. The topological polar surface area (TPSA) is 59.8 Å². The van der Waals surface area contributed by atoms with Crippen molar-refractivity contribution in [1.29, 1.82) is 0 Å². The minimum absolute atomic E-state index is 0.0413. The van der Waals surface area contributed by atoms with Crippen LogP contribution >= 0.6 is 39.1 Å². The fourth-order valence-corrected chi connectivity index (χ4v) is 3.38. The monoisotopic (exact) mass is 500 g/mol. The average molecular weight is 502 g/mol. The molecule has 1 N–H and O–H groups in total. The van der Waals surface area contributed by atoms with Crippen molar-refractivity contribution in [3.05, 3.63) is 92.6 Å². The van der Waals surface area contributed by atoms with Crippen LogP contribution in [0.15, 0.2) is 71.2 Å². The van der Waals surface area contributed by atoms with Crippen molar-refractivity contribution < 1.29 is 4.79 Å². The van der Waals surface area contributed by atoms with Crippen molar-refractivity contribution in [2.24, 2.45) is 0 Å². The van der Waals surface area contributed by atoms with Crippen LogP contribution in [0.2, 0.25) is 10.0 Å². The molecule has 0 bridgehead atoms. The molecule has 0 atom stereocenters. The van der Waals surface area contributed by atoms with Crippen LogP contribution in [-0.4, -0.2) is 20.7 Å². The maximum absolute atomic E-state index is 12.8. The zero-order chi connectivity index (χ0) is 21.3. The second kappa shape index (κ2) is 8.60. The fraction of sp³-hybridized carbons (Fsp3) is 0.0455. The normalized spacial score (nSPS) is 10.8. The molecule has 4 rings (SSSR count). The van der Waals surface area contributed by atoms with Gasteiger partial charge in [-0.3, -0.25) is 4.79 Å². The first kappa shape index (κ1) is 20.6. The Balaban J connectivity index is 1.74. The molecule has 0 saturated carbocycles. The predicted molar refractivity (Wildman–Crippen MR) is 124 cm³/mol. The summed E-state index contributed by atoms with van der Waals surface area (Å²) in [7, 11) is 0. The van der Waals surface area contributed by atoms with Gasteiger partial charge >= 0.3 is 0 Å². The number of amides is 1. The SMILES string of the molecule is Cc1ccc(-n2nc(C(=O)Nc3ccc(Cl)c(Cl)c3)nc2-c2ccc(Br)cc2)cc1. The van der Waals surface area contributed by atoms with Gasteiger partial charge in [-0.25, -0.2) is 9.67 Å². The van der Waals surface area contributed by atoms with Crippen LogP contribution in [0.3, 0.4) is 0 Å². The van der Waals surface area contributed by atoms with Crippen LogP contribution in [0.5, 0.6) is 0 Å². The molecule has 0 spiro atoms. The van der Waals surface area contributed by atoms with Gasteiger partial charge in [-0.2, -0.15) is 0 Å². The molecule has 3 aromatic carbocycles. The highest BCUT2D eigenvalue weighted by atomic mass is 79.9. The summed E-state index contributed by atoms with van der Waals surface area (Å²) in [5.74, 6) is 0.155. The number of benzene rings is 3. The van der Waals surface area contributed by atoms with E-state index in [2.05, 4.69) is 31.3 Å². The second-order valence-electron chi connectivity index (χ2n) is 6.60. The summed E-state index contributed by atoms with van der Waals surface area (Å²) >= 11 is 15.4. The lowest BCUT2D eigenvalue weighted by molar-refractivity contribution is 0.101. The molecule has 4 aromatic rings. The van der Waals surface area contributed by atoms with E-state index in [0.29, 0.717) is 21.6 Å². The summed E-state index contributed by atoms with van der Waals surface area (Å²) in [6.45, 7) is 2.01. The number of halogens is 3. The van der Waals surface area contributed by atoms with Gasteiger partial charge in [0.2, 0.25) is 5.82 Å². The van der Waals surface area contributed by atoms with Crippen molar-refractivity contribution in [3.63, 3.8) is 0 Å². The van der Waals surface area contributed by atoms with Crippen LogP contribution < -0.4 is 5.32 Å². The molecule has 0 aliphatic rings. The van der Waals surface area contributed by atoms with Crippen LogP contribution in [0, 0.1) is 6.92 Å². The number of aromatic nitrogens is 3. The number of carbonyl (C=O) groups is 1. The molecule has 0 aliphatic heterocycles. The Morgan fingerprint density at radius 1 is 0.967 bits per heavy atom. The number of rotatable bonds is 4. The van der Waals surface area contributed by atoms with Gasteiger partial charge in [0.05, 0.1) is 15.7 Å². The van der Waals surface area contributed by atoms with E-state index >= 15 is 0 Å². The second-order valence-corrected chi connectivity index (χ2v) is 8.33. The minimum atomic E-state index is -0.447. The molecule has 0 unspecified atom stereocenters. The highest BCUT2D eigenvalue weighted by molar-refractivity contribution is 9.10. The summed E-state index contributed by atoms with van der Waals surface area (Å²) < 4.78 is 2.61. The molecule has 8 heteroatoms. The Kier molecular flexibility index (Phi) is 5.90. The van der Waals surface area contributed by atoms with Crippen LogP contribution in [0.4, 0.5) is 5.69 Å². The summed E-state index contributed by atoms with van der Waals surface area (Å²) in [6.07, 6.45) is 0. The molecule has 0 radical (unpaired) electrons. The van der Waals surface area contributed by atoms with Crippen LogP contribution in [0.25, 0.3) is 17.1 Å². The first-order valence-electron chi connectivity index (χ1n) is 8.97. The van der Waals surface area contributed by atoms with Crippen molar-refractivity contribution in [2.45, 2.75) is 6.92 Å². The molecule has 1 aromatic heterocycles. The van der Waals surface area contributed by atoms with Crippen molar-refractivity contribution in [2.75, 3.05) is 5.32 Å². The molecular formula is C22H15BrCl2N4O. The van der Waals surface area contributed by atoms with E-state index in [4.69, 9.17) is 23.2 Å². The van der Waals surface area contributed by atoms with E-state index < -0.39 is 5.91 Å². The first-order chi connectivity index (χ1) is 14.4. The Hall–Kier alpha value is -2.67. The fourth-order valence-electron chi connectivity index (χ4n) is 2.82. The Morgan fingerprint density at radius 3 is 2.33 bits per heavy atom. The number of aryl methyl sites for hydroxylation is 1. The third kappa shape index (κ3) is 4.41. The zero-order valence-electron chi connectivity index (χ0n) is 15.7. The highest BCUT2D eigenvalue weighted by Gasteiger charge is 2.19. The Bertz CT molecular complexity index is 1160. The summed E-state index contributed by atoms with van der Waals surface area (Å²) in [4.78, 5) is 17.3. The van der Waals surface area contributed by atoms with E-state index in [1.807, 2.05) is 55.5 Å². The summed E-state index contributed by atoms with van der Waals surface area (Å²) in [6, 6.07) is 20.4. The van der Waals surface area contributed by atoms with Gasteiger partial charge in [-0.05, 0) is 49.4 Å². The quantitative estimate of drug-likeness (QED) is 0.344. The number of hydrogen-bond acceptors (Lipinski definition) is 3. The average Bonchev–Trinajstić information content (AvgIpc) is 3.17. The van der Waals surface area contributed by atoms with Gasteiger partial charge in [0.1, 0.15) is 0 Å². The molecule has 1 amide bonds. The van der Waals surface area contributed by atoms with E-state index in [-0.39, 0.29) is 5.82 Å². The van der Waals surface area contributed by atoms with Gasteiger partial charge in [-0.15, -0.1) is 5.10 Å². The van der Waals surface area contributed by atoms with Crippen molar-refractivity contribution >= 4 is 50.7 Å². The van der Waals surface area contributed by atoms with Crippen LogP contribution in [-0.2, 0) is 0 Å². The number of hydrogen-bond donors (Lipinski definition) is 1. The number of carbonyl (C=O) groups excluding carboxylic acids is 1. The predicted octanol–water partition coefficient (Wildman–Crippen LogP) is 6.56. The van der Waals surface area contributed by atoms with E-state index in [0.717, 1.165) is 21.3 Å². The molecule has 0 aliphatic carbocycles. The number of nitrogens with zero attached hydrogens (tertiary/aromatic N) is 3. The lowest BCUT2D eigenvalue weighted by Crippen LogP contribution is -2.14. The molecule has 1 heterocycles. The summed E-state index contributed by atoms with van der Waals surface area (Å²) in [5, 5.41) is 7.99. The first-order valence-corrected chi connectivity index (χ1v) is 10.5. The number of nitrogens with one attached hydrogen (secondary N) is 1. The van der Waals surface area contributed by atoms with E-state index in [1.54, 1.807) is 22.9 Å². The third-order valence-corrected chi connectivity index (χ3v) is 5.64. The molecule has 150 valence electrons. The smallest absolute Gasteiger partial charge is 0.295 e. The van der Waals surface area contributed by atoms with Gasteiger partial charge in [0.25, 0.3) is 5.91 Å².